The molecule has 2 aliphatic rings. The van der Waals surface area contributed by atoms with Crippen LogP contribution in [0.15, 0.2) is 193 Å². The Labute approximate surface area is 320 Å². The Morgan fingerprint density at radius 3 is 1.71 bits per heavy atom. The summed E-state index contributed by atoms with van der Waals surface area (Å²) in [5.41, 5.74) is 14.8. The van der Waals surface area contributed by atoms with Crippen LogP contribution >= 0.6 is 0 Å². The van der Waals surface area contributed by atoms with Gasteiger partial charge in [-0.15, -0.1) is 0 Å². The van der Waals surface area contributed by atoms with Gasteiger partial charge >= 0.3 is 0 Å². The maximum Gasteiger partial charge on any atom is 0.155 e. The van der Waals surface area contributed by atoms with Gasteiger partial charge in [0.05, 0.1) is 22.8 Å². The largest absolute Gasteiger partial charge is 0.309 e. The van der Waals surface area contributed by atoms with E-state index in [0.717, 1.165) is 57.9 Å². The van der Waals surface area contributed by atoms with Crippen LogP contribution in [0.5, 0.6) is 0 Å². The summed E-state index contributed by atoms with van der Waals surface area (Å²) in [6.45, 7) is 0. The number of pyridine rings is 2. The van der Waals surface area contributed by atoms with Crippen molar-refractivity contribution in [3.05, 3.63) is 205 Å². The predicted octanol–water partition coefficient (Wildman–Crippen LogP) is 12.0. The van der Waals surface area contributed by atoms with E-state index in [1.165, 1.54) is 44.1 Å². The topological polar surface area (TPSA) is 55.4 Å². The van der Waals surface area contributed by atoms with Crippen molar-refractivity contribution in [3.63, 3.8) is 0 Å². The van der Waals surface area contributed by atoms with Crippen LogP contribution in [0.1, 0.15) is 47.6 Å². The number of hydrogen-bond acceptors (Lipinski definition) is 4. The van der Waals surface area contributed by atoms with Gasteiger partial charge in [0.1, 0.15) is 0 Å². The third-order valence-corrected chi connectivity index (χ3v) is 10.8. The maximum atomic E-state index is 5.18. The first-order valence-electron chi connectivity index (χ1n) is 18.9. The first-order valence-corrected chi connectivity index (χ1v) is 18.9. The van der Waals surface area contributed by atoms with Crippen molar-refractivity contribution >= 4 is 38.9 Å². The first kappa shape index (κ1) is 32.7. The molecule has 5 aromatic carbocycles. The zero-order valence-electron chi connectivity index (χ0n) is 30.3. The van der Waals surface area contributed by atoms with E-state index in [1.54, 1.807) is 0 Å². The quantitative estimate of drug-likeness (QED) is 0.166. The average molecular weight is 708 g/mol. The normalized spacial score (nSPS) is 15.5. The molecule has 55 heavy (non-hydrogen) atoms. The zero-order valence-corrected chi connectivity index (χ0v) is 30.3. The van der Waals surface area contributed by atoms with Crippen LogP contribution in [-0.2, 0) is 0 Å². The van der Waals surface area contributed by atoms with Gasteiger partial charge in [-0.05, 0) is 112 Å². The Bertz CT molecular complexity index is 2750. The number of fused-ring (bicyclic) bond motifs is 3. The standard InChI is InChI=1S/C50H37N5/c1-2-8-34(9-3-1)35-14-16-36(17-15-35)41-30-42(32-43(31-41)55-48-12-6-4-10-44(48)45-11-5-7-13-49(45)55)37-18-20-40(21-19-37)50-53-46(38-22-26-51-27-23-38)33-47(54-50)39-24-28-52-29-25-39/h2,4-32,46H,1,3,33H2. The molecule has 0 amide bonds. The molecule has 10 rings (SSSR count). The van der Waals surface area contributed by atoms with E-state index in [4.69, 9.17) is 9.98 Å². The molecular weight excluding hydrogens is 671 g/mol. The molecule has 1 aliphatic carbocycles. The van der Waals surface area contributed by atoms with E-state index < -0.39 is 0 Å². The van der Waals surface area contributed by atoms with Crippen LogP contribution in [-0.4, -0.2) is 26.1 Å². The third-order valence-electron chi connectivity index (χ3n) is 10.8. The Balaban J connectivity index is 1.08. The second-order valence-corrected chi connectivity index (χ2v) is 14.2. The highest BCUT2D eigenvalue weighted by Crippen LogP contribution is 2.37. The number of para-hydroxylation sites is 2. The lowest BCUT2D eigenvalue weighted by Crippen LogP contribution is -2.17. The minimum atomic E-state index is -0.0550. The summed E-state index contributed by atoms with van der Waals surface area (Å²) < 4.78 is 2.41. The highest BCUT2D eigenvalue weighted by Gasteiger charge is 2.22. The molecule has 0 fully saturated rings. The fraction of sp³-hybridized carbons (Fsp3) is 0.0800. The van der Waals surface area contributed by atoms with E-state index in [0.29, 0.717) is 6.42 Å². The molecule has 4 heterocycles. The molecule has 0 bridgehead atoms. The Hall–Kier alpha value is -6.98. The van der Waals surface area contributed by atoms with Crippen molar-refractivity contribution < 1.29 is 0 Å². The molecule has 1 unspecified atom stereocenters. The number of aromatic nitrogens is 3. The van der Waals surface area contributed by atoms with Crippen molar-refractivity contribution in [2.75, 3.05) is 0 Å². The van der Waals surface area contributed by atoms with Gasteiger partial charge in [-0.25, -0.2) is 4.99 Å². The molecule has 1 aliphatic heterocycles. The lowest BCUT2D eigenvalue weighted by atomic mass is 9.94. The van der Waals surface area contributed by atoms with Gasteiger partial charge in [0, 0.05) is 53.2 Å². The van der Waals surface area contributed by atoms with Crippen molar-refractivity contribution in [2.24, 2.45) is 9.98 Å². The summed E-state index contributed by atoms with van der Waals surface area (Å²) in [6, 6.07) is 50.2. The Morgan fingerprint density at radius 1 is 0.509 bits per heavy atom. The molecule has 0 saturated heterocycles. The van der Waals surface area contributed by atoms with Crippen LogP contribution < -0.4 is 0 Å². The SMILES string of the molecule is C1=CC(c2ccc(-c3cc(-c4ccc(C5=NC(c6ccncc6)CC(c6ccncc6)=N5)cc4)cc(-n4c5ccccc5c5ccccc54)c3)cc2)=CCC1. The average Bonchev–Trinajstić information content (AvgIpc) is 3.61. The van der Waals surface area contributed by atoms with E-state index >= 15 is 0 Å². The summed E-state index contributed by atoms with van der Waals surface area (Å²) >= 11 is 0. The lowest BCUT2D eigenvalue weighted by molar-refractivity contribution is 0.751. The van der Waals surface area contributed by atoms with Gasteiger partial charge < -0.3 is 4.57 Å². The fourth-order valence-electron chi connectivity index (χ4n) is 7.99. The van der Waals surface area contributed by atoms with E-state index in [1.807, 2.05) is 49.1 Å². The summed E-state index contributed by atoms with van der Waals surface area (Å²) in [6.07, 6.45) is 17.1. The van der Waals surface area contributed by atoms with Gasteiger partial charge in [0.2, 0.25) is 0 Å². The molecular formula is C50H37N5. The molecule has 5 heteroatoms. The highest BCUT2D eigenvalue weighted by atomic mass is 15.0. The molecule has 0 saturated carbocycles. The maximum absolute atomic E-state index is 5.18. The minimum Gasteiger partial charge on any atom is -0.309 e. The molecule has 8 aromatic rings. The van der Waals surface area contributed by atoms with Gasteiger partial charge in [-0.1, -0.05) is 103 Å². The number of rotatable bonds is 7. The Morgan fingerprint density at radius 2 is 1.09 bits per heavy atom. The molecule has 1 atom stereocenters. The minimum absolute atomic E-state index is 0.0550. The molecule has 5 nitrogen and oxygen atoms in total. The summed E-state index contributed by atoms with van der Waals surface area (Å²) in [5.74, 6) is 0.731. The first-order chi connectivity index (χ1) is 27.2. The van der Waals surface area contributed by atoms with Gasteiger partial charge in [-0.3, -0.25) is 15.0 Å². The smallest absolute Gasteiger partial charge is 0.155 e. The van der Waals surface area contributed by atoms with Crippen LogP contribution in [0.25, 0.3) is 55.3 Å². The second-order valence-electron chi connectivity index (χ2n) is 14.2. The third kappa shape index (κ3) is 6.30. The van der Waals surface area contributed by atoms with Crippen LogP contribution in [0.2, 0.25) is 0 Å². The molecule has 0 spiro atoms. The molecule has 262 valence electrons. The van der Waals surface area contributed by atoms with Crippen LogP contribution in [0.3, 0.4) is 0 Å². The monoisotopic (exact) mass is 707 g/mol. The zero-order chi connectivity index (χ0) is 36.6. The van der Waals surface area contributed by atoms with Gasteiger partial charge in [0.15, 0.2) is 5.84 Å². The number of aliphatic imine (C=N–C) groups is 2. The number of allylic oxidation sites excluding steroid dienone is 4. The Kier molecular flexibility index (Phi) is 8.37. The van der Waals surface area contributed by atoms with Crippen molar-refractivity contribution in [3.8, 4) is 27.9 Å². The number of benzene rings is 5. The van der Waals surface area contributed by atoms with Crippen LogP contribution in [0, 0.1) is 0 Å². The molecule has 0 radical (unpaired) electrons. The molecule has 3 aromatic heterocycles. The number of amidine groups is 1. The summed E-state index contributed by atoms with van der Waals surface area (Å²) in [4.78, 5) is 18.8. The highest BCUT2D eigenvalue weighted by molar-refractivity contribution is 6.14. The van der Waals surface area contributed by atoms with Crippen molar-refractivity contribution in [1.29, 1.82) is 0 Å². The van der Waals surface area contributed by atoms with Crippen molar-refractivity contribution in [1.82, 2.24) is 14.5 Å². The predicted molar refractivity (Wildman–Crippen MR) is 227 cm³/mol. The molecule has 0 N–H and O–H groups in total. The number of nitrogens with zero attached hydrogens (tertiary/aromatic N) is 5. The summed E-state index contributed by atoms with van der Waals surface area (Å²) in [5, 5.41) is 2.50. The van der Waals surface area contributed by atoms with Crippen LogP contribution in [0.4, 0.5) is 0 Å². The lowest BCUT2D eigenvalue weighted by Gasteiger charge is -2.21. The van der Waals surface area contributed by atoms with Gasteiger partial charge in [0.25, 0.3) is 0 Å². The number of hydrogen-bond donors (Lipinski definition) is 0. The second kappa shape index (κ2) is 14.1. The van der Waals surface area contributed by atoms with E-state index in [2.05, 4.69) is 148 Å². The van der Waals surface area contributed by atoms with Crippen molar-refractivity contribution in [2.45, 2.75) is 25.3 Å². The fourth-order valence-corrected chi connectivity index (χ4v) is 7.99. The van der Waals surface area contributed by atoms with Gasteiger partial charge in [-0.2, -0.15) is 0 Å². The summed E-state index contributed by atoms with van der Waals surface area (Å²) in [7, 11) is 0. The van der Waals surface area contributed by atoms with E-state index in [9.17, 15) is 0 Å². The van der Waals surface area contributed by atoms with E-state index in [-0.39, 0.29) is 6.04 Å².